The van der Waals surface area contributed by atoms with Gasteiger partial charge in [0, 0.05) is 33.1 Å². The summed E-state index contributed by atoms with van der Waals surface area (Å²) < 4.78 is 37.4. The van der Waals surface area contributed by atoms with E-state index in [1.165, 1.54) is 11.2 Å². The van der Waals surface area contributed by atoms with Crippen LogP contribution in [0.3, 0.4) is 0 Å². The number of rotatable bonds is 7. The molecule has 2 heterocycles. The topological polar surface area (TPSA) is 122 Å². The lowest BCUT2D eigenvalue weighted by Crippen LogP contribution is -2.51. The summed E-state index contributed by atoms with van der Waals surface area (Å²) in [5.41, 5.74) is 1.10. The molecule has 0 saturated carbocycles. The predicted molar refractivity (Wildman–Crippen MR) is 115 cm³/mol. The number of aromatic nitrogens is 1. The molecule has 1 aliphatic heterocycles. The highest BCUT2D eigenvalue weighted by Gasteiger charge is 2.34. The molecule has 3 rings (SSSR count). The zero-order valence-electron chi connectivity index (χ0n) is 18.6. The Bertz CT molecular complexity index is 1050. The quantitative estimate of drug-likeness (QED) is 0.657. The zero-order valence-corrected chi connectivity index (χ0v) is 19.4. The molecule has 32 heavy (non-hydrogen) atoms. The van der Waals surface area contributed by atoms with E-state index < -0.39 is 16.1 Å². The molecular weight excluding hydrogens is 436 g/mol. The number of carbonyl (C=O) groups is 2. The lowest BCUT2D eigenvalue weighted by molar-refractivity contribution is -0.133. The van der Waals surface area contributed by atoms with Crippen LogP contribution in [0.1, 0.15) is 36.4 Å². The summed E-state index contributed by atoms with van der Waals surface area (Å²) in [5.74, 6) is 0.527. The lowest BCUT2D eigenvalue weighted by atomic mass is 10.0. The molecule has 10 nitrogen and oxygen atoms in total. The first-order chi connectivity index (χ1) is 15.1. The highest BCUT2D eigenvalue weighted by molar-refractivity contribution is 7.89. The van der Waals surface area contributed by atoms with Crippen molar-refractivity contribution >= 4 is 21.8 Å². The fraction of sp³-hybridized carbons (Fsp3) is 0.476. The van der Waals surface area contributed by atoms with Crippen LogP contribution in [0.5, 0.6) is 5.75 Å². The standard InChI is InChI=1S/C21H28N4O6S/c1-14-21(15(2)31-23-14)32(28,29)25-11-9-24(10-12-25)20(27)13-19(22-16(3)26)17-5-7-18(30-4)8-6-17/h5-8,19H,9-13H2,1-4H3,(H,22,26)/t19-/m1/s1. The van der Waals surface area contributed by atoms with E-state index in [1.54, 1.807) is 50.1 Å². The summed E-state index contributed by atoms with van der Waals surface area (Å²) in [6.45, 7) is 5.42. The molecule has 2 aromatic rings. The Morgan fingerprint density at radius 3 is 2.28 bits per heavy atom. The molecule has 1 aliphatic rings. The Kier molecular flexibility index (Phi) is 7.19. The van der Waals surface area contributed by atoms with Crippen LogP contribution in [0.2, 0.25) is 0 Å². The molecule has 1 saturated heterocycles. The van der Waals surface area contributed by atoms with Crippen molar-refractivity contribution in [1.82, 2.24) is 19.7 Å². The number of amides is 2. The first-order valence-electron chi connectivity index (χ1n) is 10.2. The van der Waals surface area contributed by atoms with Gasteiger partial charge in [0.05, 0.1) is 19.6 Å². The fourth-order valence-electron chi connectivity index (χ4n) is 3.79. The van der Waals surface area contributed by atoms with E-state index in [0.29, 0.717) is 11.4 Å². The number of hydrogen-bond donors (Lipinski definition) is 1. The van der Waals surface area contributed by atoms with Gasteiger partial charge in [0.25, 0.3) is 0 Å². The molecule has 2 amide bonds. The van der Waals surface area contributed by atoms with Gasteiger partial charge in [-0.05, 0) is 31.5 Å². The Balaban J connectivity index is 1.66. The smallest absolute Gasteiger partial charge is 0.248 e. The van der Waals surface area contributed by atoms with E-state index in [4.69, 9.17) is 9.26 Å². The Morgan fingerprint density at radius 1 is 1.16 bits per heavy atom. The van der Waals surface area contributed by atoms with Gasteiger partial charge in [-0.3, -0.25) is 9.59 Å². The van der Waals surface area contributed by atoms with Crippen molar-refractivity contribution < 1.29 is 27.3 Å². The summed E-state index contributed by atoms with van der Waals surface area (Å²) >= 11 is 0. The fourth-order valence-corrected chi connectivity index (χ4v) is 5.50. The van der Waals surface area contributed by atoms with E-state index in [2.05, 4.69) is 10.5 Å². The molecule has 0 spiro atoms. The summed E-state index contributed by atoms with van der Waals surface area (Å²) in [7, 11) is -2.18. The van der Waals surface area contributed by atoms with Gasteiger partial charge in [-0.25, -0.2) is 8.42 Å². The molecule has 1 atom stereocenters. The van der Waals surface area contributed by atoms with Crippen molar-refractivity contribution in [1.29, 1.82) is 0 Å². The van der Waals surface area contributed by atoms with Gasteiger partial charge in [0.2, 0.25) is 21.8 Å². The van der Waals surface area contributed by atoms with Crippen molar-refractivity contribution in [2.24, 2.45) is 0 Å². The predicted octanol–water partition coefficient (Wildman–Crippen LogP) is 1.40. The summed E-state index contributed by atoms with van der Waals surface area (Å²) in [5, 5.41) is 6.55. The SMILES string of the molecule is COc1ccc([C@@H](CC(=O)N2CCN(S(=O)(=O)c3c(C)noc3C)CC2)NC(C)=O)cc1. The van der Waals surface area contributed by atoms with E-state index in [9.17, 15) is 18.0 Å². The molecule has 1 aromatic heterocycles. The molecule has 11 heteroatoms. The Morgan fingerprint density at radius 2 is 1.78 bits per heavy atom. The van der Waals surface area contributed by atoms with Crippen molar-refractivity contribution in [2.45, 2.75) is 38.1 Å². The number of hydrogen-bond acceptors (Lipinski definition) is 7. The molecule has 174 valence electrons. The molecule has 1 aromatic carbocycles. The van der Waals surface area contributed by atoms with Crippen LogP contribution in [0.15, 0.2) is 33.7 Å². The van der Waals surface area contributed by atoms with Crippen LogP contribution in [-0.4, -0.2) is 67.9 Å². The van der Waals surface area contributed by atoms with Crippen LogP contribution < -0.4 is 10.1 Å². The molecule has 0 bridgehead atoms. The third-order valence-electron chi connectivity index (χ3n) is 5.43. The van der Waals surface area contributed by atoms with E-state index in [-0.39, 0.29) is 55.1 Å². The monoisotopic (exact) mass is 464 g/mol. The van der Waals surface area contributed by atoms with Gasteiger partial charge in [-0.2, -0.15) is 4.31 Å². The molecule has 0 unspecified atom stereocenters. The molecule has 0 aliphatic carbocycles. The number of nitrogens with zero attached hydrogens (tertiary/aromatic N) is 3. The van der Waals surface area contributed by atoms with Crippen molar-refractivity contribution in [3.63, 3.8) is 0 Å². The second-order valence-corrected chi connectivity index (χ2v) is 9.54. The minimum absolute atomic E-state index is 0.0720. The van der Waals surface area contributed by atoms with Gasteiger partial charge in [-0.15, -0.1) is 0 Å². The van der Waals surface area contributed by atoms with Crippen LogP contribution in [-0.2, 0) is 19.6 Å². The van der Waals surface area contributed by atoms with Gasteiger partial charge >= 0.3 is 0 Å². The van der Waals surface area contributed by atoms with E-state index in [0.717, 1.165) is 5.56 Å². The first-order valence-corrected chi connectivity index (χ1v) is 11.7. The zero-order chi connectivity index (χ0) is 23.5. The third-order valence-corrected chi connectivity index (χ3v) is 7.58. The molecule has 1 fully saturated rings. The van der Waals surface area contributed by atoms with Crippen LogP contribution >= 0.6 is 0 Å². The van der Waals surface area contributed by atoms with E-state index >= 15 is 0 Å². The summed E-state index contributed by atoms with van der Waals surface area (Å²) in [6, 6.07) is 6.66. The maximum atomic E-state index is 13.0. The van der Waals surface area contributed by atoms with Crippen LogP contribution in [0.25, 0.3) is 0 Å². The van der Waals surface area contributed by atoms with Crippen molar-refractivity contribution in [3.05, 3.63) is 41.3 Å². The molecule has 1 N–H and O–H groups in total. The van der Waals surface area contributed by atoms with Crippen molar-refractivity contribution in [2.75, 3.05) is 33.3 Å². The normalized spacial score (nSPS) is 15.9. The largest absolute Gasteiger partial charge is 0.497 e. The average molecular weight is 465 g/mol. The maximum absolute atomic E-state index is 13.0. The second kappa shape index (κ2) is 9.70. The number of benzene rings is 1. The van der Waals surface area contributed by atoms with E-state index in [1.807, 2.05) is 0 Å². The highest BCUT2D eigenvalue weighted by atomic mass is 32.2. The van der Waals surface area contributed by atoms with Gasteiger partial charge < -0.3 is 19.5 Å². The number of ether oxygens (including phenoxy) is 1. The Labute approximate surface area is 187 Å². The van der Waals surface area contributed by atoms with Crippen molar-refractivity contribution in [3.8, 4) is 5.75 Å². The maximum Gasteiger partial charge on any atom is 0.248 e. The Hall–Kier alpha value is -2.92. The minimum Gasteiger partial charge on any atom is -0.497 e. The van der Waals surface area contributed by atoms with Gasteiger partial charge in [0.15, 0.2) is 5.76 Å². The number of carbonyl (C=O) groups excluding carboxylic acids is 2. The minimum atomic E-state index is -3.75. The molecular formula is C21H28N4O6S. The molecule has 0 radical (unpaired) electrons. The summed E-state index contributed by atoms with van der Waals surface area (Å²) in [6.07, 6.45) is 0.0720. The number of sulfonamides is 1. The third kappa shape index (κ3) is 5.10. The average Bonchev–Trinajstić information content (AvgIpc) is 3.11. The number of piperazine rings is 1. The second-order valence-electron chi connectivity index (χ2n) is 7.67. The first kappa shape index (κ1) is 23.7. The van der Waals surface area contributed by atoms with Gasteiger partial charge in [-0.1, -0.05) is 17.3 Å². The lowest BCUT2D eigenvalue weighted by Gasteiger charge is -2.34. The van der Waals surface area contributed by atoms with Crippen LogP contribution in [0.4, 0.5) is 0 Å². The highest BCUT2D eigenvalue weighted by Crippen LogP contribution is 2.25. The number of nitrogens with one attached hydrogen (secondary N) is 1. The van der Waals surface area contributed by atoms with Gasteiger partial charge in [0.1, 0.15) is 16.3 Å². The number of aryl methyl sites for hydroxylation is 2. The number of methoxy groups -OCH3 is 1. The van der Waals surface area contributed by atoms with Crippen LogP contribution in [0, 0.1) is 13.8 Å². The summed E-state index contributed by atoms with van der Waals surface area (Å²) in [4.78, 5) is 26.3.